The Morgan fingerprint density at radius 3 is 2.32 bits per heavy atom. The number of nitrogens with one attached hydrogen (secondary N) is 2. The number of nitrogens with zero attached hydrogens (tertiary/aromatic N) is 1. The van der Waals surface area contributed by atoms with E-state index in [9.17, 15) is 34.8 Å². The van der Waals surface area contributed by atoms with Crippen LogP contribution in [-0.2, 0) is 25.5 Å². The number of amides is 2. The highest BCUT2D eigenvalue weighted by atomic mass is 16.5. The van der Waals surface area contributed by atoms with Gasteiger partial charge in [-0.05, 0) is 11.6 Å². The molecule has 34 heavy (non-hydrogen) atoms. The molecule has 1 heterocycles. The second kappa shape index (κ2) is 12.0. The Morgan fingerprint density at radius 1 is 1.15 bits per heavy atom. The molecule has 0 fully saturated rings. The van der Waals surface area contributed by atoms with Crippen molar-refractivity contribution in [1.82, 2.24) is 10.6 Å². The van der Waals surface area contributed by atoms with Crippen LogP contribution in [0, 0.1) is 0 Å². The van der Waals surface area contributed by atoms with Crippen molar-refractivity contribution in [3.05, 3.63) is 47.7 Å². The summed E-state index contributed by atoms with van der Waals surface area (Å²) < 4.78 is 5.29. The minimum absolute atomic E-state index is 0.114. The molecule has 0 aromatic heterocycles. The number of carboxylic acids is 1. The van der Waals surface area contributed by atoms with Crippen molar-refractivity contribution in [3.63, 3.8) is 0 Å². The standard InChI is InChI=1S/C21H29N5O8/c1-10(28)24-16-12(8-15(20(32)33)34-18(16)17(30)14(29)9-27)25-19(31)13(26-21(22)23)7-11-5-3-2-4-6-11/h2-6,8,12-14,16-18,27,29-30H,7,9H2,1H3,(H,24,28)(H,25,31)(H,32,33)(H4,22,23,26)/t12-,13-,14+,16+,17+,18+/m0/s1. The van der Waals surface area contributed by atoms with E-state index in [1.165, 1.54) is 6.92 Å². The molecule has 13 nitrogen and oxygen atoms in total. The number of aliphatic imine (C=N–C) groups is 1. The van der Waals surface area contributed by atoms with Crippen molar-refractivity contribution >= 4 is 23.7 Å². The highest BCUT2D eigenvalue weighted by Crippen LogP contribution is 2.23. The molecule has 0 spiro atoms. The summed E-state index contributed by atoms with van der Waals surface area (Å²) in [7, 11) is 0. The van der Waals surface area contributed by atoms with Gasteiger partial charge in [0.1, 0.15) is 24.4 Å². The van der Waals surface area contributed by atoms with Crippen molar-refractivity contribution in [3.8, 4) is 0 Å². The minimum atomic E-state index is -1.80. The van der Waals surface area contributed by atoms with Crippen LogP contribution in [0.5, 0.6) is 0 Å². The molecule has 0 saturated carbocycles. The Bertz CT molecular complexity index is 934. The average Bonchev–Trinajstić information content (AvgIpc) is 2.78. The number of carboxylic acid groups (broad SMARTS) is 1. The molecule has 10 N–H and O–H groups in total. The number of hydrogen-bond donors (Lipinski definition) is 8. The number of nitrogens with two attached hydrogens (primary N) is 2. The highest BCUT2D eigenvalue weighted by Gasteiger charge is 2.44. The molecule has 0 radical (unpaired) electrons. The lowest BCUT2D eigenvalue weighted by Crippen LogP contribution is -2.64. The number of carbonyl (C=O) groups excluding carboxylic acids is 2. The van der Waals surface area contributed by atoms with Crippen molar-refractivity contribution in [2.45, 2.75) is 49.8 Å². The van der Waals surface area contributed by atoms with Gasteiger partial charge in [-0.1, -0.05) is 30.3 Å². The molecule has 13 heteroatoms. The summed E-state index contributed by atoms with van der Waals surface area (Å²) in [6.45, 7) is 0.305. The lowest BCUT2D eigenvalue weighted by molar-refractivity contribution is -0.147. The SMILES string of the molecule is CC(=O)N[C@H]1[C@H]([C@H](O)[C@H](O)CO)OC(C(=O)O)=C[C@@H]1NC(=O)[C@H](Cc1ccccc1)N=C(N)N. The van der Waals surface area contributed by atoms with Gasteiger partial charge in [-0.15, -0.1) is 0 Å². The molecule has 0 bridgehead atoms. The molecular weight excluding hydrogens is 450 g/mol. The topological polar surface area (TPSA) is 230 Å². The fourth-order valence-corrected chi connectivity index (χ4v) is 3.47. The van der Waals surface area contributed by atoms with Gasteiger partial charge in [0.05, 0.1) is 18.7 Å². The summed E-state index contributed by atoms with van der Waals surface area (Å²) in [5, 5.41) is 44.0. The Morgan fingerprint density at radius 2 is 1.79 bits per heavy atom. The monoisotopic (exact) mass is 479 g/mol. The second-order valence-electron chi connectivity index (χ2n) is 7.68. The van der Waals surface area contributed by atoms with E-state index in [1.807, 2.05) is 0 Å². The summed E-state index contributed by atoms with van der Waals surface area (Å²) in [5.74, 6) is -3.77. The van der Waals surface area contributed by atoms with Crippen molar-refractivity contribution in [1.29, 1.82) is 0 Å². The van der Waals surface area contributed by atoms with E-state index < -0.39 is 66.6 Å². The second-order valence-corrected chi connectivity index (χ2v) is 7.68. The number of guanidine groups is 1. The van der Waals surface area contributed by atoms with Crippen molar-refractivity contribution in [2.24, 2.45) is 16.5 Å². The van der Waals surface area contributed by atoms with Gasteiger partial charge in [0.15, 0.2) is 5.96 Å². The number of aliphatic carboxylic acids is 1. The highest BCUT2D eigenvalue weighted by molar-refractivity contribution is 5.88. The van der Waals surface area contributed by atoms with Gasteiger partial charge in [0, 0.05) is 13.3 Å². The lowest BCUT2D eigenvalue weighted by Gasteiger charge is -2.40. The molecule has 0 aliphatic carbocycles. The van der Waals surface area contributed by atoms with Gasteiger partial charge in [-0.3, -0.25) is 9.59 Å². The van der Waals surface area contributed by atoms with Gasteiger partial charge >= 0.3 is 5.97 Å². The van der Waals surface area contributed by atoms with Crippen LogP contribution in [0.15, 0.2) is 47.2 Å². The number of aliphatic hydroxyl groups is 3. The molecule has 2 rings (SSSR count). The molecular formula is C21H29N5O8. The molecule has 0 unspecified atom stereocenters. The van der Waals surface area contributed by atoms with Crippen LogP contribution >= 0.6 is 0 Å². The number of hydrogen-bond acceptors (Lipinski definition) is 8. The van der Waals surface area contributed by atoms with Crippen LogP contribution in [0.25, 0.3) is 0 Å². The van der Waals surface area contributed by atoms with E-state index in [0.29, 0.717) is 0 Å². The van der Waals surface area contributed by atoms with Crippen LogP contribution in [0.2, 0.25) is 0 Å². The predicted molar refractivity (Wildman–Crippen MR) is 119 cm³/mol. The zero-order valence-electron chi connectivity index (χ0n) is 18.4. The first-order valence-corrected chi connectivity index (χ1v) is 10.3. The third kappa shape index (κ3) is 7.16. The fourth-order valence-electron chi connectivity index (χ4n) is 3.47. The Balaban J connectivity index is 2.40. The van der Waals surface area contributed by atoms with Gasteiger partial charge < -0.3 is 47.3 Å². The van der Waals surface area contributed by atoms with Crippen LogP contribution in [0.4, 0.5) is 0 Å². The van der Waals surface area contributed by atoms with Gasteiger partial charge in [0.25, 0.3) is 0 Å². The Hall–Kier alpha value is -3.68. The largest absolute Gasteiger partial charge is 0.478 e. The third-order valence-corrected chi connectivity index (χ3v) is 5.02. The first kappa shape index (κ1) is 26.6. The van der Waals surface area contributed by atoms with Gasteiger partial charge in [-0.25, -0.2) is 9.79 Å². The third-order valence-electron chi connectivity index (χ3n) is 5.02. The Labute approximate surface area is 195 Å². The predicted octanol–water partition coefficient (Wildman–Crippen LogP) is -3.06. The smallest absolute Gasteiger partial charge is 0.370 e. The average molecular weight is 479 g/mol. The number of rotatable bonds is 10. The first-order valence-electron chi connectivity index (χ1n) is 10.3. The summed E-state index contributed by atoms with van der Waals surface area (Å²) >= 11 is 0. The number of carbonyl (C=O) groups is 3. The fraction of sp³-hybridized carbons (Fsp3) is 0.429. The van der Waals surface area contributed by atoms with Gasteiger partial charge in [-0.2, -0.15) is 0 Å². The van der Waals surface area contributed by atoms with Crippen LogP contribution in [0.3, 0.4) is 0 Å². The van der Waals surface area contributed by atoms with Crippen LogP contribution in [0.1, 0.15) is 12.5 Å². The first-order chi connectivity index (χ1) is 16.0. The zero-order valence-corrected chi connectivity index (χ0v) is 18.4. The maximum absolute atomic E-state index is 13.1. The summed E-state index contributed by atoms with van der Waals surface area (Å²) in [6, 6.07) is 5.36. The van der Waals surface area contributed by atoms with Crippen molar-refractivity contribution in [2.75, 3.05) is 6.61 Å². The molecule has 1 aromatic rings. The van der Waals surface area contributed by atoms with E-state index in [1.54, 1.807) is 30.3 Å². The maximum atomic E-state index is 13.1. The number of aliphatic hydroxyl groups excluding tert-OH is 3. The van der Waals surface area contributed by atoms with E-state index in [2.05, 4.69) is 15.6 Å². The Kier molecular flexibility index (Phi) is 9.36. The molecule has 186 valence electrons. The molecule has 1 aliphatic heterocycles. The summed E-state index contributed by atoms with van der Waals surface area (Å²) in [6.07, 6.45) is -3.88. The van der Waals surface area contributed by atoms with Crippen LogP contribution < -0.4 is 22.1 Å². The van der Waals surface area contributed by atoms with E-state index in [0.717, 1.165) is 11.6 Å². The molecule has 6 atom stereocenters. The maximum Gasteiger partial charge on any atom is 0.370 e. The lowest BCUT2D eigenvalue weighted by atomic mass is 9.91. The summed E-state index contributed by atoms with van der Waals surface area (Å²) in [4.78, 5) is 40.5. The van der Waals surface area contributed by atoms with Crippen molar-refractivity contribution < 1.29 is 39.5 Å². The van der Waals surface area contributed by atoms with E-state index in [4.69, 9.17) is 16.2 Å². The number of benzene rings is 1. The van der Waals surface area contributed by atoms with E-state index in [-0.39, 0.29) is 12.4 Å². The molecule has 1 aromatic carbocycles. The van der Waals surface area contributed by atoms with Crippen LogP contribution in [-0.4, -0.2) is 87.2 Å². The molecule has 0 saturated heterocycles. The molecule has 1 aliphatic rings. The van der Waals surface area contributed by atoms with Gasteiger partial charge in [0.2, 0.25) is 17.6 Å². The van der Waals surface area contributed by atoms with E-state index >= 15 is 0 Å². The quantitative estimate of drug-likeness (QED) is 0.125. The zero-order chi connectivity index (χ0) is 25.4. The molecule has 2 amide bonds. The number of ether oxygens (including phenoxy) is 1. The summed E-state index contributed by atoms with van der Waals surface area (Å²) in [5.41, 5.74) is 11.7. The minimum Gasteiger partial charge on any atom is -0.478 e. The normalized spacial score (nSPS) is 22.2.